The summed E-state index contributed by atoms with van der Waals surface area (Å²) in [7, 11) is 0. The Kier molecular flexibility index (Phi) is 3.32. The quantitative estimate of drug-likeness (QED) is 0.636. The van der Waals surface area contributed by atoms with Crippen LogP contribution in [0.2, 0.25) is 0 Å². The highest BCUT2D eigenvalue weighted by molar-refractivity contribution is 5.80. The number of para-hydroxylation sites is 1. The Morgan fingerprint density at radius 1 is 1.33 bits per heavy atom. The van der Waals surface area contributed by atoms with E-state index in [0.29, 0.717) is 0 Å². The molecule has 0 bridgehead atoms. The second-order valence-electron chi connectivity index (χ2n) is 3.54. The summed E-state index contributed by atoms with van der Waals surface area (Å²) in [5.41, 5.74) is 7.58. The number of H-pyrrole nitrogens is 1. The third-order valence-corrected chi connectivity index (χ3v) is 2.40. The standard InChI is InChI=1S/C11H16N4/c12-6-3-7-13-8-11-9-4-1-2-5-10(9)14-15-11/h1-2,4-5,13H,3,6-8,12H2,(H,14,15). The number of fused-ring (bicyclic) bond motifs is 1. The molecular weight excluding hydrogens is 188 g/mol. The summed E-state index contributed by atoms with van der Waals surface area (Å²) in [5, 5.41) is 11.8. The van der Waals surface area contributed by atoms with E-state index < -0.39 is 0 Å². The fourth-order valence-electron chi connectivity index (χ4n) is 1.59. The van der Waals surface area contributed by atoms with Gasteiger partial charge < -0.3 is 11.1 Å². The van der Waals surface area contributed by atoms with Crippen molar-refractivity contribution >= 4 is 10.9 Å². The van der Waals surface area contributed by atoms with Gasteiger partial charge in [-0.15, -0.1) is 0 Å². The summed E-state index contributed by atoms with van der Waals surface area (Å²) in [5.74, 6) is 0. The van der Waals surface area contributed by atoms with Gasteiger partial charge in [-0.25, -0.2) is 0 Å². The molecule has 0 radical (unpaired) electrons. The predicted octanol–water partition coefficient (Wildman–Crippen LogP) is 1.00. The molecule has 4 heteroatoms. The summed E-state index contributed by atoms with van der Waals surface area (Å²) in [4.78, 5) is 0. The van der Waals surface area contributed by atoms with E-state index in [2.05, 4.69) is 21.6 Å². The van der Waals surface area contributed by atoms with Gasteiger partial charge in [0, 0.05) is 11.9 Å². The van der Waals surface area contributed by atoms with Gasteiger partial charge in [0.2, 0.25) is 0 Å². The van der Waals surface area contributed by atoms with Crippen molar-refractivity contribution in [1.82, 2.24) is 15.5 Å². The molecule has 0 aliphatic carbocycles. The zero-order valence-electron chi connectivity index (χ0n) is 8.66. The first-order valence-electron chi connectivity index (χ1n) is 5.24. The van der Waals surface area contributed by atoms with Crippen LogP contribution in [0.25, 0.3) is 10.9 Å². The highest BCUT2D eigenvalue weighted by Crippen LogP contribution is 2.14. The van der Waals surface area contributed by atoms with Gasteiger partial charge in [0.25, 0.3) is 0 Å². The summed E-state index contributed by atoms with van der Waals surface area (Å²) in [6.07, 6.45) is 1.01. The van der Waals surface area contributed by atoms with Gasteiger partial charge in [-0.2, -0.15) is 5.10 Å². The Balaban J connectivity index is 2.02. The third kappa shape index (κ3) is 2.34. The second kappa shape index (κ2) is 4.91. The maximum absolute atomic E-state index is 5.42. The molecule has 0 aliphatic rings. The third-order valence-electron chi connectivity index (χ3n) is 2.40. The number of nitrogens with zero attached hydrogens (tertiary/aromatic N) is 1. The fourth-order valence-corrected chi connectivity index (χ4v) is 1.59. The van der Waals surface area contributed by atoms with E-state index in [9.17, 15) is 0 Å². The second-order valence-corrected chi connectivity index (χ2v) is 3.54. The van der Waals surface area contributed by atoms with Crippen molar-refractivity contribution < 1.29 is 0 Å². The maximum Gasteiger partial charge on any atom is 0.0924 e. The molecule has 1 heterocycles. The first-order valence-corrected chi connectivity index (χ1v) is 5.24. The van der Waals surface area contributed by atoms with Crippen LogP contribution >= 0.6 is 0 Å². The largest absolute Gasteiger partial charge is 0.330 e. The Bertz CT molecular complexity index is 421. The predicted molar refractivity (Wildman–Crippen MR) is 61.5 cm³/mol. The van der Waals surface area contributed by atoms with Crippen molar-refractivity contribution in [3.05, 3.63) is 30.0 Å². The van der Waals surface area contributed by atoms with Crippen molar-refractivity contribution in [3.8, 4) is 0 Å². The van der Waals surface area contributed by atoms with Gasteiger partial charge in [0.1, 0.15) is 0 Å². The van der Waals surface area contributed by atoms with E-state index in [1.54, 1.807) is 0 Å². The minimum Gasteiger partial charge on any atom is -0.330 e. The van der Waals surface area contributed by atoms with E-state index in [0.717, 1.165) is 37.3 Å². The average Bonchev–Trinajstić information content (AvgIpc) is 2.68. The maximum atomic E-state index is 5.42. The molecule has 4 nitrogen and oxygen atoms in total. The SMILES string of the molecule is NCCCNCc1[nH]nc2ccccc12. The van der Waals surface area contributed by atoms with Crippen LogP contribution in [-0.2, 0) is 6.54 Å². The molecule has 1 aromatic carbocycles. The number of aromatic amines is 1. The number of nitrogens with one attached hydrogen (secondary N) is 2. The number of aromatic nitrogens is 2. The molecule has 0 saturated carbocycles. The number of hydrogen-bond donors (Lipinski definition) is 3. The fraction of sp³-hybridized carbons (Fsp3) is 0.364. The zero-order chi connectivity index (χ0) is 10.5. The van der Waals surface area contributed by atoms with E-state index >= 15 is 0 Å². The van der Waals surface area contributed by atoms with Crippen molar-refractivity contribution in [3.63, 3.8) is 0 Å². The number of nitrogens with two attached hydrogens (primary N) is 1. The van der Waals surface area contributed by atoms with Crippen LogP contribution in [0.15, 0.2) is 24.3 Å². The molecule has 2 rings (SSSR count). The van der Waals surface area contributed by atoms with Gasteiger partial charge in [0.05, 0.1) is 11.2 Å². The first kappa shape index (κ1) is 10.1. The van der Waals surface area contributed by atoms with Gasteiger partial charge >= 0.3 is 0 Å². The highest BCUT2D eigenvalue weighted by Gasteiger charge is 2.02. The van der Waals surface area contributed by atoms with Crippen molar-refractivity contribution in [2.75, 3.05) is 13.1 Å². The molecule has 0 fully saturated rings. The van der Waals surface area contributed by atoms with Crippen LogP contribution in [0.1, 0.15) is 12.1 Å². The van der Waals surface area contributed by atoms with Crippen molar-refractivity contribution in [1.29, 1.82) is 0 Å². The summed E-state index contributed by atoms with van der Waals surface area (Å²) in [6.45, 7) is 2.50. The summed E-state index contributed by atoms with van der Waals surface area (Å²) in [6, 6.07) is 8.12. The van der Waals surface area contributed by atoms with E-state index in [1.165, 1.54) is 5.39 Å². The topological polar surface area (TPSA) is 66.7 Å². The Morgan fingerprint density at radius 2 is 2.20 bits per heavy atom. The Morgan fingerprint density at radius 3 is 3.07 bits per heavy atom. The molecule has 0 atom stereocenters. The van der Waals surface area contributed by atoms with Crippen molar-refractivity contribution in [2.24, 2.45) is 5.73 Å². The van der Waals surface area contributed by atoms with Crippen LogP contribution in [0.4, 0.5) is 0 Å². The van der Waals surface area contributed by atoms with Gasteiger partial charge in [-0.05, 0) is 25.6 Å². The molecule has 4 N–H and O–H groups in total. The molecule has 0 aliphatic heterocycles. The van der Waals surface area contributed by atoms with Crippen LogP contribution in [0.5, 0.6) is 0 Å². The minimum atomic E-state index is 0.733. The Labute approximate surface area is 88.9 Å². The van der Waals surface area contributed by atoms with Crippen molar-refractivity contribution in [2.45, 2.75) is 13.0 Å². The zero-order valence-corrected chi connectivity index (χ0v) is 8.66. The van der Waals surface area contributed by atoms with Crippen LogP contribution in [-0.4, -0.2) is 23.3 Å². The minimum absolute atomic E-state index is 0.733. The van der Waals surface area contributed by atoms with E-state index in [-0.39, 0.29) is 0 Å². The Hall–Kier alpha value is -1.39. The lowest BCUT2D eigenvalue weighted by Crippen LogP contribution is -2.18. The monoisotopic (exact) mass is 204 g/mol. The molecule has 0 spiro atoms. The average molecular weight is 204 g/mol. The molecule has 15 heavy (non-hydrogen) atoms. The van der Waals surface area contributed by atoms with Gasteiger partial charge in [-0.1, -0.05) is 18.2 Å². The molecule has 1 aromatic heterocycles. The van der Waals surface area contributed by atoms with Crippen LogP contribution < -0.4 is 11.1 Å². The molecule has 0 amide bonds. The van der Waals surface area contributed by atoms with Crippen LogP contribution in [0.3, 0.4) is 0 Å². The lowest BCUT2D eigenvalue weighted by molar-refractivity contribution is 0.647. The molecule has 80 valence electrons. The lowest BCUT2D eigenvalue weighted by atomic mass is 10.2. The molecule has 2 aromatic rings. The first-order chi connectivity index (χ1) is 7.42. The summed E-state index contributed by atoms with van der Waals surface area (Å²) >= 11 is 0. The molecule has 0 unspecified atom stereocenters. The molecule has 0 saturated heterocycles. The van der Waals surface area contributed by atoms with Gasteiger partial charge in [-0.3, -0.25) is 5.10 Å². The normalized spacial score (nSPS) is 11.0. The smallest absolute Gasteiger partial charge is 0.0924 e. The number of benzene rings is 1. The van der Waals surface area contributed by atoms with Crippen LogP contribution in [0, 0.1) is 0 Å². The highest BCUT2D eigenvalue weighted by atomic mass is 15.1. The lowest BCUT2D eigenvalue weighted by Gasteiger charge is -2.01. The van der Waals surface area contributed by atoms with E-state index in [4.69, 9.17) is 5.73 Å². The van der Waals surface area contributed by atoms with Gasteiger partial charge in [0.15, 0.2) is 0 Å². The van der Waals surface area contributed by atoms with E-state index in [1.807, 2.05) is 18.2 Å². The number of rotatable bonds is 5. The molecular formula is C11H16N4. The number of hydrogen-bond acceptors (Lipinski definition) is 3. The summed E-state index contributed by atoms with van der Waals surface area (Å²) < 4.78 is 0.